The number of furan rings is 1. The first-order chi connectivity index (χ1) is 9.54. The molecule has 20 heavy (non-hydrogen) atoms. The summed E-state index contributed by atoms with van der Waals surface area (Å²) in [6, 6.07) is 5.65. The standard InChI is InChI=1S/C15H19NO3S/c1-20(17,18)16-13-9-6-8-12-11-7-4-2-3-5-10-14(11)19-15(12)13/h6,8-9,16H,2-5,7,10H2,1H3. The number of rotatable bonds is 2. The number of benzene rings is 1. The minimum atomic E-state index is -3.29. The van der Waals surface area contributed by atoms with E-state index in [0.717, 1.165) is 36.7 Å². The van der Waals surface area contributed by atoms with Crippen molar-refractivity contribution in [3.8, 4) is 0 Å². The molecule has 0 bridgehead atoms. The zero-order valence-corrected chi connectivity index (χ0v) is 12.4. The van der Waals surface area contributed by atoms with Gasteiger partial charge in [0.1, 0.15) is 5.76 Å². The molecule has 1 N–H and O–H groups in total. The smallest absolute Gasteiger partial charge is 0.229 e. The molecule has 0 unspecified atom stereocenters. The summed E-state index contributed by atoms with van der Waals surface area (Å²) in [4.78, 5) is 0. The minimum absolute atomic E-state index is 0.539. The summed E-state index contributed by atoms with van der Waals surface area (Å²) in [7, 11) is -3.29. The van der Waals surface area contributed by atoms with Gasteiger partial charge < -0.3 is 4.42 Å². The second-order valence-corrected chi connectivity index (χ2v) is 7.22. The molecule has 0 amide bonds. The summed E-state index contributed by atoms with van der Waals surface area (Å²) in [6.45, 7) is 0. The number of anilines is 1. The summed E-state index contributed by atoms with van der Waals surface area (Å²) in [5.41, 5.74) is 2.47. The topological polar surface area (TPSA) is 59.3 Å². The van der Waals surface area contributed by atoms with E-state index in [1.165, 1.54) is 24.8 Å². The minimum Gasteiger partial charge on any atom is -0.459 e. The first-order valence-corrected chi connectivity index (χ1v) is 8.95. The van der Waals surface area contributed by atoms with Gasteiger partial charge in [-0.05, 0) is 25.3 Å². The van der Waals surface area contributed by atoms with E-state index < -0.39 is 10.0 Å². The fourth-order valence-corrected chi connectivity index (χ4v) is 3.48. The molecule has 0 atom stereocenters. The number of hydrogen-bond donors (Lipinski definition) is 1. The fraction of sp³-hybridized carbons (Fsp3) is 0.467. The molecule has 0 radical (unpaired) electrons. The molecule has 3 rings (SSSR count). The molecule has 1 aliphatic carbocycles. The normalized spacial score (nSPS) is 16.4. The number of hydrogen-bond acceptors (Lipinski definition) is 3. The van der Waals surface area contributed by atoms with Gasteiger partial charge in [-0.15, -0.1) is 0 Å². The lowest BCUT2D eigenvalue weighted by molar-refractivity contribution is 0.504. The van der Waals surface area contributed by atoms with Crippen molar-refractivity contribution in [3.63, 3.8) is 0 Å². The predicted octanol–water partition coefficient (Wildman–Crippen LogP) is 3.46. The summed E-state index contributed by atoms with van der Waals surface area (Å²) < 4.78 is 31.4. The third-order valence-corrected chi connectivity index (χ3v) is 4.37. The molecule has 1 aromatic carbocycles. The third-order valence-electron chi connectivity index (χ3n) is 3.78. The van der Waals surface area contributed by atoms with Crippen LogP contribution >= 0.6 is 0 Å². The second kappa shape index (κ2) is 5.13. The SMILES string of the molecule is CS(=O)(=O)Nc1cccc2c3c(oc12)CCCCCC3. The summed E-state index contributed by atoms with van der Waals surface area (Å²) in [5, 5.41) is 1.05. The van der Waals surface area contributed by atoms with Gasteiger partial charge >= 0.3 is 0 Å². The van der Waals surface area contributed by atoms with Crippen molar-refractivity contribution in [2.24, 2.45) is 0 Å². The van der Waals surface area contributed by atoms with Crippen LogP contribution in [-0.2, 0) is 22.9 Å². The fourth-order valence-electron chi connectivity index (χ4n) is 2.92. The van der Waals surface area contributed by atoms with Gasteiger partial charge in [0.05, 0.1) is 11.9 Å². The Hall–Kier alpha value is -1.49. The van der Waals surface area contributed by atoms with Crippen LogP contribution in [0, 0.1) is 0 Å². The van der Waals surface area contributed by atoms with Crippen molar-refractivity contribution >= 4 is 26.7 Å². The van der Waals surface area contributed by atoms with E-state index >= 15 is 0 Å². The third kappa shape index (κ3) is 2.68. The lowest BCUT2D eigenvalue weighted by Gasteiger charge is -2.07. The van der Waals surface area contributed by atoms with Crippen LogP contribution in [0.25, 0.3) is 11.0 Å². The quantitative estimate of drug-likeness (QED) is 0.922. The van der Waals surface area contributed by atoms with Crippen molar-refractivity contribution in [2.75, 3.05) is 11.0 Å². The van der Waals surface area contributed by atoms with E-state index in [4.69, 9.17) is 4.42 Å². The van der Waals surface area contributed by atoms with E-state index in [1.807, 2.05) is 12.1 Å². The molecule has 0 spiro atoms. The molecule has 1 aliphatic rings. The van der Waals surface area contributed by atoms with Crippen LogP contribution in [0.2, 0.25) is 0 Å². The Balaban J connectivity index is 2.13. The molecule has 4 nitrogen and oxygen atoms in total. The van der Waals surface area contributed by atoms with Gasteiger partial charge in [0.15, 0.2) is 5.58 Å². The van der Waals surface area contributed by atoms with E-state index in [9.17, 15) is 8.42 Å². The summed E-state index contributed by atoms with van der Waals surface area (Å²) >= 11 is 0. The van der Waals surface area contributed by atoms with E-state index in [1.54, 1.807) is 6.07 Å². The maximum Gasteiger partial charge on any atom is 0.229 e. The number of fused-ring (bicyclic) bond motifs is 3. The zero-order valence-electron chi connectivity index (χ0n) is 11.6. The van der Waals surface area contributed by atoms with Crippen LogP contribution in [-0.4, -0.2) is 14.7 Å². The van der Waals surface area contributed by atoms with Gasteiger partial charge in [-0.25, -0.2) is 8.42 Å². The predicted molar refractivity (Wildman–Crippen MR) is 80.6 cm³/mol. The molecule has 1 heterocycles. The number of para-hydroxylation sites is 1. The molecule has 0 aliphatic heterocycles. The molecular formula is C15H19NO3S. The van der Waals surface area contributed by atoms with Gasteiger partial charge in [-0.2, -0.15) is 0 Å². The van der Waals surface area contributed by atoms with Gasteiger partial charge in [0.2, 0.25) is 10.0 Å². The Bertz CT molecular complexity index is 731. The van der Waals surface area contributed by atoms with E-state index in [-0.39, 0.29) is 0 Å². The van der Waals surface area contributed by atoms with Crippen LogP contribution in [0.1, 0.15) is 37.0 Å². The number of aryl methyl sites for hydroxylation is 2. The average Bonchev–Trinajstić information content (AvgIpc) is 2.65. The van der Waals surface area contributed by atoms with Crippen molar-refractivity contribution < 1.29 is 12.8 Å². The van der Waals surface area contributed by atoms with Gasteiger partial charge in [0, 0.05) is 17.4 Å². The van der Waals surface area contributed by atoms with Crippen LogP contribution in [0.15, 0.2) is 22.6 Å². The Morgan fingerprint density at radius 1 is 1.10 bits per heavy atom. The molecule has 1 aromatic heterocycles. The first kappa shape index (κ1) is 13.5. The number of sulfonamides is 1. The number of nitrogens with one attached hydrogen (secondary N) is 1. The molecule has 0 fully saturated rings. The maximum absolute atomic E-state index is 11.4. The Morgan fingerprint density at radius 2 is 1.85 bits per heavy atom. The van der Waals surface area contributed by atoms with E-state index in [0.29, 0.717) is 11.3 Å². The molecule has 0 saturated heterocycles. The molecular weight excluding hydrogens is 274 g/mol. The lowest BCUT2D eigenvalue weighted by Crippen LogP contribution is -2.09. The molecule has 5 heteroatoms. The Kier molecular flexibility index (Phi) is 3.46. The monoisotopic (exact) mass is 293 g/mol. The lowest BCUT2D eigenvalue weighted by atomic mass is 9.97. The summed E-state index contributed by atoms with van der Waals surface area (Å²) in [6.07, 6.45) is 7.93. The van der Waals surface area contributed by atoms with Gasteiger partial charge in [-0.1, -0.05) is 25.0 Å². The maximum atomic E-state index is 11.4. The van der Waals surface area contributed by atoms with Gasteiger partial charge in [-0.3, -0.25) is 4.72 Å². The van der Waals surface area contributed by atoms with Crippen molar-refractivity contribution in [3.05, 3.63) is 29.5 Å². The van der Waals surface area contributed by atoms with Crippen LogP contribution in [0.5, 0.6) is 0 Å². The van der Waals surface area contributed by atoms with Crippen molar-refractivity contribution in [2.45, 2.75) is 38.5 Å². The van der Waals surface area contributed by atoms with Crippen molar-refractivity contribution in [1.82, 2.24) is 0 Å². The highest BCUT2D eigenvalue weighted by Gasteiger charge is 2.18. The molecule has 0 saturated carbocycles. The first-order valence-electron chi connectivity index (χ1n) is 7.06. The zero-order chi connectivity index (χ0) is 14.2. The van der Waals surface area contributed by atoms with Crippen LogP contribution in [0.4, 0.5) is 5.69 Å². The Labute approximate surface area is 119 Å². The Morgan fingerprint density at radius 3 is 2.60 bits per heavy atom. The largest absolute Gasteiger partial charge is 0.459 e. The van der Waals surface area contributed by atoms with Crippen LogP contribution in [0.3, 0.4) is 0 Å². The molecule has 108 valence electrons. The van der Waals surface area contributed by atoms with Crippen molar-refractivity contribution in [1.29, 1.82) is 0 Å². The average molecular weight is 293 g/mol. The van der Waals surface area contributed by atoms with E-state index in [2.05, 4.69) is 4.72 Å². The van der Waals surface area contributed by atoms with Crippen LogP contribution < -0.4 is 4.72 Å². The highest BCUT2D eigenvalue weighted by atomic mass is 32.2. The summed E-state index contributed by atoms with van der Waals surface area (Å²) in [5.74, 6) is 1.03. The molecule has 2 aromatic rings. The second-order valence-electron chi connectivity index (χ2n) is 5.47. The highest BCUT2D eigenvalue weighted by Crippen LogP contribution is 2.34. The highest BCUT2D eigenvalue weighted by molar-refractivity contribution is 7.92. The van der Waals surface area contributed by atoms with Gasteiger partial charge in [0.25, 0.3) is 0 Å².